The molecule has 0 atom stereocenters. The van der Waals surface area contributed by atoms with E-state index in [4.69, 9.17) is 10.6 Å². The summed E-state index contributed by atoms with van der Waals surface area (Å²) in [5, 5.41) is 0.977. The number of carbonyl (C=O) groups excluding carboxylic acids is 1. The number of nitrogens with zero attached hydrogens (tertiary/aromatic N) is 1. The lowest BCUT2D eigenvalue weighted by Gasteiger charge is -2.10. The van der Waals surface area contributed by atoms with Gasteiger partial charge in [0.2, 0.25) is 5.91 Å². The van der Waals surface area contributed by atoms with Crippen molar-refractivity contribution in [2.45, 2.75) is 6.42 Å². The Balaban J connectivity index is 2.38. The van der Waals surface area contributed by atoms with Crippen LogP contribution in [-0.2, 0) is 4.79 Å². The van der Waals surface area contributed by atoms with Crippen LogP contribution in [0.3, 0.4) is 0 Å². The van der Waals surface area contributed by atoms with Gasteiger partial charge in [0.25, 0.3) is 0 Å². The van der Waals surface area contributed by atoms with Gasteiger partial charge in [0.15, 0.2) is 11.6 Å². The topological polar surface area (TPSA) is 55.6 Å². The Morgan fingerprint density at radius 1 is 1.53 bits per heavy atom. The summed E-state index contributed by atoms with van der Waals surface area (Å²) < 4.78 is 18.1. The van der Waals surface area contributed by atoms with Crippen LogP contribution in [-0.4, -0.2) is 24.6 Å². The van der Waals surface area contributed by atoms with Crippen LogP contribution in [0.4, 0.5) is 4.39 Å². The number of halogens is 1. The molecule has 1 amide bonds. The molecule has 0 aliphatic heterocycles. The third kappa shape index (κ3) is 3.55. The van der Waals surface area contributed by atoms with Crippen LogP contribution in [0, 0.1) is 5.82 Å². The van der Waals surface area contributed by atoms with Gasteiger partial charge in [-0.25, -0.2) is 10.2 Å². The van der Waals surface area contributed by atoms with Crippen molar-refractivity contribution in [2.24, 2.45) is 5.84 Å². The van der Waals surface area contributed by atoms with Crippen molar-refractivity contribution in [2.75, 3.05) is 13.7 Å². The van der Waals surface area contributed by atoms with E-state index in [2.05, 4.69) is 0 Å². The Morgan fingerprint density at radius 3 is 2.80 bits per heavy atom. The van der Waals surface area contributed by atoms with Crippen LogP contribution in [0.2, 0.25) is 0 Å². The fourth-order valence-corrected chi connectivity index (χ4v) is 0.986. The van der Waals surface area contributed by atoms with Crippen molar-refractivity contribution < 1.29 is 13.9 Å². The molecule has 0 aliphatic carbocycles. The molecule has 5 heteroatoms. The number of amides is 1. The molecule has 0 saturated carbocycles. The van der Waals surface area contributed by atoms with E-state index in [9.17, 15) is 9.18 Å². The molecule has 2 N–H and O–H groups in total. The smallest absolute Gasteiger partial charge is 0.239 e. The molecular formula is C10H13FN2O2. The molecular weight excluding hydrogens is 199 g/mol. The minimum atomic E-state index is -0.439. The molecule has 0 saturated heterocycles. The van der Waals surface area contributed by atoms with Gasteiger partial charge in [0.05, 0.1) is 13.0 Å². The van der Waals surface area contributed by atoms with Crippen LogP contribution in [0.1, 0.15) is 6.42 Å². The second-order valence-electron chi connectivity index (χ2n) is 3.03. The highest BCUT2D eigenvalue weighted by Gasteiger charge is 2.06. The standard InChI is InChI=1S/C10H13FN2O2/c1-13(12)10(14)6-7-15-9-5-3-2-4-8(9)11/h2-5H,6-7,12H2,1H3. The van der Waals surface area contributed by atoms with Gasteiger partial charge in [-0.2, -0.15) is 0 Å². The molecule has 0 aliphatic rings. The van der Waals surface area contributed by atoms with Gasteiger partial charge in [-0.1, -0.05) is 12.1 Å². The molecule has 4 nitrogen and oxygen atoms in total. The minimum absolute atomic E-state index is 0.112. The molecule has 1 aromatic carbocycles. The summed E-state index contributed by atoms with van der Waals surface area (Å²) in [7, 11) is 1.45. The Hall–Kier alpha value is -1.62. The van der Waals surface area contributed by atoms with E-state index in [1.165, 1.54) is 19.2 Å². The molecule has 82 valence electrons. The number of ether oxygens (including phenoxy) is 1. The second kappa shape index (κ2) is 5.31. The fraction of sp³-hybridized carbons (Fsp3) is 0.300. The number of benzene rings is 1. The Kier molecular flexibility index (Phi) is 4.05. The largest absolute Gasteiger partial charge is 0.490 e. The van der Waals surface area contributed by atoms with Gasteiger partial charge in [-0.15, -0.1) is 0 Å². The van der Waals surface area contributed by atoms with Gasteiger partial charge in [-0.05, 0) is 12.1 Å². The molecule has 1 rings (SSSR count). The van der Waals surface area contributed by atoms with Gasteiger partial charge in [0.1, 0.15) is 0 Å². The first kappa shape index (κ1) is 11.5. The van der Waals surface area contributed by atoms with E-state index in [0.29, 0.717) is 0 Å². The maximum atomic E-state index is 13.0. The lowest BCUT2D eigenvalue weighted by atomic mass is 10.3. The molecule has 15 heavy (non-hydrogen) atoms. The lowest BCUT2D eigenvalue weighted by molar-refractivity contribution is -0.130. The molecule has 0 bridgehead atoms. The van der Waals surface area contributed by atoms with Crippen molar-refractivity contribution in [1.29, 1.82) is 0 Å². The predicted molar refractivity (Wildman–Crippen MR) is 53.5 cm³/mol. The summed E-state index contributed by atoms with van der Waals surface area (Å²) in [6, 6.07) is 6.04. The lowest BCUT2D eigenvalue weighted by Crippen LogP contribution is -2.33. The van der Waals surface area contributed by atoms with Crippen LogP contribution < -0.4 is 10.6 Å². The third-order valence-electron chi connectivity index (χ3n) is 1.80. The zero-order chi connectivity index (χ0) is 11.3. The van der Waals surface area contributed by atoms with E-state index < -0.39 is 5.82 Å². The zero-order valence-electron chi connectivity index (χ0n) is 8.44. The van der Waals surface area contributed by atoms with E-state index in [1.807, 2.05) is 0 Å². The van der Waals surface area contributed by atoms with E-state index >= 15 is 0 Å². The SMILES string of the molecule is CN(N)C(=O)CCOc1ccccc1F. The summed E-state index contributed by atoms with van der Waals surface area (Å²) in [5.74, 6) is 4.65. The minimum Gasteiger partial charge on any atom is -0.490 e. The molecule has 1 aromatic rings. The average molecular weight is 212 g/mol. The molecule has 0 heterocycles. The summed E-state index contributed by atoms with van der Waals surface area (Å²) in [5.41, 5.74) is 0. The Labute approximate surface area is 87.4 Å². The number of para-hydroxylation sites is 1. The maximum absolute atomic E-state index is 13.0. The first-order valence-electron chi connectivity index (χ1n) is 4.50. The molecule has 0 radical (unpaired) electrons. The Morgan fingerprint density at radius 2 is 2.20 bits per heavy atom. The summed E-state index contributed by atoms with van der Waals surface area (Å²) >= 11 is 0. The average Bonchev–Trinajstić information content (AvgIpc) is 2.20. The maximum Gasteiger partial charge on any atom is 0.239 e. The number of hydrogen-bond donors (Lipinski definition) is 1. The van der Waals surface area contributed by atoms with Crippen molar-refractivity contribution in [3.05, 3.63) is 30.1 Å². The van der Waals surface area contributed by atoms with Crippen LogP contribution in [0.5, 0.6) is 5.75 Å². The highest BCUT2D eigenvalue weighted by Crippen LogP contribution is 2.15. The van der Waals surface area contributed by atoms with E-state index in [-0.39, 0.29) is 24.7 Å². The molecule has 0 aromatic heterocycles. The van der Waals surface area contributed by atoms with E-state index in [0.717, 1.165) is 5.01 Å². The van der Waals surface area contributed by atoms with Gasteiger partial charge < -0.3 is 4.74 Å². The predicted octanol–water partition coefficient (Wildman–Crippen LogP) is 0.927. The first-order chi connectivity index (χ1) is 7.11. The number of carbonyl (C=O) groups is 1. The highest BCUT2D eigenvalue weighted by molar-refractivity contribution is 5.75. The zero-order valence-corrected chi connectivity index (χ0v) is 8.44. The summed E-state index contributed by atoms with van der Waals surface area (Å²) in [6.45, 7) is 0.112. The summed E-state index contributed by atoms with van der Waals surface area (Å²) in [4.78, 5) is 11.0. The van der Waals surface area contributed by atoms with Gasteiger partial charge in [-0.3, -0.25) is 9.80 Å². The Bertz CT molecular complexity index is 342. The number of rotatable bonds is 4. The number of nitrogens with two attached hydrogens (primary N) is 1. The first-order valence-corrected chi connectivity index (χ1v) is 4.50. The second-order valence-corrected chi connectivity index (χ2v) is 3.03. The van der Waals surface area contributed by atoms with Gasteiger partial charge >= 0.3 is 0 Å². The summed E-state index contributed by atoms with van der Waals surface area (Å²) in [6.07, 6.45) is 0.126. The van der Waals surface area contributed by atoms with Crippen molar-refractivity contribution in [3.63, 3.8) is 0 Å². The molecule has 0 fully saturated rings. The number of hydrogen-bond acceptors (Lipinski definition) is 3. The van der Waals surface area contributed by atoms with Crippen LogP contribution in [0.25, 0.3) is 0 Å². The normalized spacial score (nSPS) is 9.80. The fourth-order valence-electron chi connectivity index (χ4n) is 0.986. The quantitative estimate of drug-likeness (QED) is 0.459. The van der Waals surface area contributed by atoms with Crippen molar-refractivity contribution in [3.8, 4) is 5.75 Å². The van der Waals surface area contributed by atoms with Crippen LogP contribution in [0.15, 0.2) is 24.3 Å². The highest BCUT2D eigenvalue weighted by atomic mass is 19.1. The third-order valence-corrected chi connectivity index (χ3v) is 1.80. The van der Waals surface area contributed by atoms with Crippen molar-refractivity contribution >= 4 is 5.91 Å². The number of hydrazine groups is 1. The van der Waals surface area contributed by atoms with Crippen molar-refractivity contribution in [1.82, 2.24) is 5.01 Å². The monoisotopic (exact) mass is 212 g/mol. The van der Waals surface area contributed by atoms with Crippen LogP contribution >= 0.6 is 0 Å². The molecule has 0 spiro atoms. The molecule has 0 unspecified atom stereocenters. The van der Waals surface area contributed by atoms with E-state index in [1.54, 1.807) is 12.1 Å². The van der Waals surface area contributed by atoms with Gasteiger partial charge in [0, 0.05) is 7.05 Å².